The van der Waals surface area contributed by atoms with Gasteiger partial charge in [-0.1, -0.05) is 29.8 Å². The van der Waals surface area contributed by atoms with E-state index in [0.29, 0.717) is 27.9 Å². The van der Waals surface area contributed by atoms with E-state index < -0.39 is 36.0 Å². The molecule has 2 aromatic rings. The van der Waals surface area contributed by atoms with Gasteiger partial charge in [0, 0.05) is 53.3 Å². The van der Waals surface area contributed by atoms with E-state index in [9.17, 15) is 28.6 Å². The number of carboxylic acid groups (broad SMARTS) is 2. The first-order chi connectivity index (χ1) is 17.1. The van der Waals surface area contributed by atoms with E-state index >= 15 is 0 Å². The summed E-state index contributed by atoms with van der Waals surface area (Å²) in [5.41, 5.74) is 0.661. The Hall–Kier alpha value is -2.89. The Morgan fingerprint density at radius 2 is 2.03 bits per heavy atom. The highest BCUT2D eigenvalue weighted by molar-refractivity contribution is 7.11. The third-order valence-electron chi connectivity index (χ3n) is 7.02. The van der Waals surface area contributed by atoms with Crippen molar-refractivity contribution in [1.29, 1.82) is 0 Å². The van der Waals surface area contributed by atoms with Crippen molar-refractivity contribution < 1.29 is 28.6 Å². The van der Waals surface area contributed by atoms with Crippen LogP contribution >= 0.6 is 22.9 Å². The minimum Gasteiger partial charge on any atom is -0.481 e. The van der Waals surface area contributed by atoms with Gasteiger partial charge < -0.3 is 15.5 Å². The quantitative estimate of drug-likeness (QED) is 0.486. The molecule has 2 saturated heterocycles. The summed E-state index contributed by atoms with van der Waals surface area (Å²) >= 11 is 7.73. The molecule has 1 aromatic carbocycles. The molecular weight excluding hydrogens is 514 g/mol. The second-order valence-corrected chi connectivity index (χ2v) is 10.6. The maximum Gasteiger partial charge on any atom is 0.335 e. The van der Waals surface area contributed by atoms with E-state index in [1.807, 2.05) is 0 Å². The molecule has 3 aliphatic heterocycles. The summed E-state index contributed by atoms with van der Waals surface area (Å²) in [6.07, 6.45) is 1.40. The first kappa shape index (κ1) is 24.8. The van der Waals surface area contributed by atoms with Gasteiger partial charge in [-0.2, -0.15) is 0 Å². The van der Waals surface area contributed by atoms with Crippen molar-refractivity contribution in [2.45, 2.75) is 49.7 Å². The molecule has 12 heteroatoms. The Balaban J connectivity index is 1.54. The Labute approximate surface area is 214 Å². The number of carbonyl (C=O) groups is 2. The molecule has 1 aromatic heterocycles. The summed E-state index contributed by atoms with van der Waals surface area (Å²) in [7, 11) is 0. The number of benzene rings is 1. The van der Waals surface area contributed by atoms with E-state index in [1.54, 1.807) is 40.7 Å². The van der Waals surface area contributed by atoms with Crippen molar-refractivity contribution >= 4 is 40.7 Å². The highest BCUT2D eigenvalue weighted by Gasteiger charge is 2.57. The number of hydrogen-bond acceptors (Lipinski definition) is 7. The zero-order valence-corrected chi connectivity index (χ0v) is 20.5. The first-order valence-electron chi connectivity index (χ1n) is 11.4. The number of rotatable bonds is 7. The van der Waals surface area contributed by atoms with Gasteiger partial charge in [-0.15, -0.1) is 11.3 Å². The Bertz CT molecular complexity index is 1250. The van der Waals surface area contributed by atoms with Gasteiger partial charge in [0.25, 0.3) is 5.92 Å². The zero-order chi connectivity index (χ0) is 25.6. The van der Waals surface area contributed by atoms with Gasteiger partial charge >= 0.3 is 11.9 Å². The van der Waals surface area contributed by atoms with Crippen LogP contribution in [0.2, 0.25) is 5.02 Å². The van der Waals surface area contributed by atoms with Crippen molar-refractivity contribution in [3.8, 4) is 0 Å². The van der Waals surface area contributed by atoms with Crippen LogP contribution in [0, 0.1) is 5.92 Å². The number of alkyl halides is 2. The van der Waals surface area contributed by atoms with E-state index in [-0.39, 0.29) is 43.0 Å². The lowest BCUT2D eigenvalue weighted by atomic mass is 9.87. The van der Waals surface area contributed by atoms with Gasteiger partial charge in [-0.25, -0.2) is 18.6 Å². The predicted molar refractivity (Wildman–Crippen MR) is 129 cm³/mol. The maximum atomic E-state index is 15.0. The summed E-state index contributed by atoms with van der Waals surface area (Å²) < 4.78 is 29.9. The Morgan fingerprint density at radius 3 is 2.67 bits per heavy atom. The molecule has 8 nitrogen and oxygen atoms in total. The van der Waals surface area contributed by atoms with E-state index in [1.165, 1.54) is 11.3 Å². The molecule has 0 saturated carbocycles. The molecule has 3 aliphatic rings. The zero-order valence-electron chi connectivity index (χ0n) is 18.9. The SMILES string of the molecule is O=C(O)C[C@H]1CC2CC(F)(F)C(C1)N2CC1=C(C(=O)O)[C@H](c2ccccc2Cl)N=C(c2nccs2)N1. The number of aromatic nitrogens is 1. The first-order valence-corrected chi connectivity index (χ1v) is 12.7. The van der Waals surface area contributed by atoms with Crippen LogP contribution in [0.5, 0.6) is 0 Å². The van der Waals surface area contributed by atoms with E-state index in [4.69, 9.17) is 11.6 Å². The molecule has 0 spiro atoms. The summed E-state index contributed by atoms with van der Waals surface area (Å²) in [6.45, 7) is -0.0717. The molecular formula is C24H23ClF2N4O4S. The second-order valence-electron chi connectivity index (χ2n) is 9.30. The molecule has 0 amide bonds. The number of carboxylic acids is 2. The number of amidine groups is 1. The van der Waals surface area contributed by atoms with Crippen molar-refractivity contribution in [3.05, 3.63) is 62.7 Å². The summed E-state index contributed by atoms with van der Waals surface area (Å²) in [6, 6.07) is 4.09. The molecule has 5 rings (SSSR count). The summed E-state index contributed by atoms with van der Waals surface area (Å²) in [5.74, 6) is -5.24. The molecule has 0 aliphatic carbocycles. The molecule has 0 radical (unpaired) electrons. The lowest BCUT2D eigenvalue weighted by molar-refractivity contribution is -0.139. The Kier molecular flexibility index (Phi) is 6.56. The fraction of sp³-hybridized carbons (Fsp3) is 0.417. The third-order valence-corrected chi connectivity index (χ3v) is 8.15. The van der Waals surface area contributed by atoms with Gasteiger partial charge in [0.05, 0.1) is 11.6 Å². The lowest BCUT2D eigenvalue weighted by Gasteiger charge is -2.40. The lowest BCUT2D eigenvalue weighted by Crippen LogP contribution is -2.50. The van der Waals surface area contributed by atoms with Crippen LogP contribution in [0.15, 0.2) is 52.1 Å². The van der Waals surface area contributed by atoms with Crippen LogP contribution in [0.25, 0.3) is 0 Å². The van der Waals surface area contributed by atoms with Gasteiger partial charge in [0.1, 0.15) is 6.04 Å². The van der Waals surface area contributed by atoms with Crippen LogP contribution in [0.1, 0.15) is 42.3 Å². The summed E-state index contributed by atoms with van der Waals surface area (Å²) in [5, 5.41) is 25.1. The number of fused-ring (bicyclic) bond motifs is 2. The maximum absolute atomic E-state index is 15.0. The Morgan fingerprint density at radius 1 is 1.25 bits per heavy atom. The van der Waals surface area contributed by atoms with Crippen LogP contribution < -0.4 is 5.32 Å². The minimum absolute atomic E-state index is 0.0346. The molecule has 4 atom stereocenters. The van der Waals surface area contributed by atoms with E-state index in [2.05, 4.69) is 15.3 Å². The smallest absolute Gasteiger partial charge is 0.335 e. The number of piperidine rings is 1. The second kappa shape index (κ2) is 9.53. The highest BCUT2D eigenvalue weighted by atomic mass is 35.5. The molecule has 2 fully saturated rings. The average Bonchev–Trinajstić information content (AvgIpc) is 3.38. The molecule has 36 heavy (non-hydrogen) atoms. The number of thiazole rings is 1. The van der Waals surface area contributed by atoms with Crippen molar-refractivity contribution in [1.82, 2.24) is 15.2 Å². The minimum atomic E-state index is -3.00. The van der Waals surface area contributed by atoms with Crippen LogP contribution in [-0.4, -0.2) is 62.4 Å². The number of aliphatic imine (C=N–C) groups is 1. The molecule has 4 heterocycles. The summed E-state index contributed by atoms with van der Waals surface area (Å²) in [4.78, 5) is 34.3. The largest absolute Gasteiger partial charge is 0.481 e. The highest BCUT2D eigenvalue weighted by Crippen LogP contribution is 2.49. The van der Waals surface area contributed by atoms with Crippen molar-refractivity contribution in [2.24, 2.45) is 10.9 Å². The molecule has 3 N–H and O–H groups in total. The molecule has 2 unspecified atom stereocenters. The van der Waals surface area contributed by atoms with Gasteiger partial charge in [0.15, 0.2) is 10.8 Å². The number of hydrogen-bond donors (Lipinski definition) is 3. The van der Waals surface area contributed by atoms with Crippen LogP contribution in [0.4, 0.5) is 8.78 Å². The topological polar surface area (TPSA) is 115 Å². The van der Waals surface area contributed by atoms with Gasteiger partial charge in [0.2, 0.25) is 0 Å². The molecule has 2 bridgehead atoms. The number of halogens is 3. The van der Waals surface area contributed by atoms with Crippen molar-refractivity contribution in [2.75, 3.05) is 6.54 Å². The number of nitrogens with zero attached hydrogens (tertiary/aromatic N) is 3. The monoisotopic (exact) mass is 536 g/mol. The predicted octanol–water partition coefficient (Wildman–Crippen LogP) is 4.19. The standard InChI is InChI=1S/C24H23ClF2N4O4S/c25-15-4-2-1-3-14(15)20-19(23(34)35)16(29-21(30-20)22-28-5-6-36-22)11-31-13-7-12(9-18(32)33)8-17(31)24(26,27)10-13/h1-6,12-13,17,20H,7-11H2,(H,29,30)(H,32,33)(H,34,35)/t12-,13?,17?,20-/m0/s1. The fourth-order valence-corrected chi connectivity index (χ4v) is 6.39. The van der Waals surface area contributed by atoms with Gasteiger partial charge in [-0.05, 0) is 24.8 Å². The van der Waals surface area contributed by atoms with Crippen LogP contribution in [-0.2, 0) is 9.59 Å². The molecule has 190 valence electrons. The van der Waals surface area contributed by atoms with Gasteiger partial charge in [-0.3, -0.25) is 14.7 Å². The van der Waals surface area contributed by atoms with Crippen LogP contribution in [0.3, 0.4) is 0 Å². The number of aliphatic carboxylic acids is 2. The van der Waals surface area contributed by atoms with Crippen molar-refractivity contribution in [3.63, 3.8) is 0 Å². The van der Waals surface area contributed by atoms with E-state index in [0.717, 1.165) is 0 Å². The fourth-order valence-electron chi connectivity index (χ4n) is 5.57. The normalized spacial score (nSPS) is 27.5. The average molecular weight is 537 g/mol. The number of nitrogens with one attached hydrogen (secondary N) is 1. The third kappa shape index (κ3) is 4.62.